The van der Waals surface area contributed by atoms with E-state index in [1.165, 1.54) is 0 Å². The number of Topliss-reactive ketones (excluding diaryl/α,β-unsaturated/α-hetero) is 1. The molecular weight excluding hydrogens is 466 g/mol. The highest BCUT2D eigenvalue weighted by Crippen LogP contribution is 2.47. The summed E-state index contributed by atoms with van der Waals surface area (Å²) in [6.07, 6.45) is 0.998. The van der Waals surface area contributed by atoms with Crippen LogP contribution in [0.5, 0.6) is 5.75 Å². The lowest BCUT2D eigenvalue weighted by Crippen LogP contribution is -2.36. The first-order valence-electron chi connectivity index (χ1n) is 11.8. The first kappa shape index (κ1) is 25.0. The van der Waals surface area contributed by atoms with Crippen LogP contribution in [-0.4, -0.2) is 38.7 Å². The number of nitrogens with one attached hydrogen (secondary N) is 1. The molecule has 2 aromatic rings. The van der Waals surface area contributed by atoms with Crippen molar-refractivity contribution in [3.8, 4) is 5.75 Å². The lowest BCUT2D eigenvalue weighted by molar-refractivity contribution is -0.140. The van der Waals surface area contributed by atoms with E-state index in [4.69, 9.17) is 25.8 Å². The fourth-order valence-electron chi connectivity index (χ4n) is 4.86. The van der Waals surface area contributed by atoms with Gasteiger partial charge in [0, 0.05) is 40.9 Å². The monoisotopic (exact) mass is 495 g/mol. The third-order valence-electron chi connectivity index (χ3n) is 6.52. The Balaban J connectivity index is 1.70. The van der Waals surface area contributed by atoms with E-state index in [1.807, 2.05) is 56.3 Å². The van der Waals surface area contributed by atoms with Crippen LogP contribution in [0.25, 0.3) is 0 Å². The summed E-state index contributed by atoms with van der Waals surface area (Å²) < 4.78 is 16.1. The highest BCUT2D eigenvalue weighted by atomic mass is 35.5. The van der Waals surface area contributed by atoms with E-state index in [2.05, 4.69) is 5.32 Å². The van der Waals surface area contributed by atoms with Gasteiger partial charge in [-0.15, -0.1) is 0 Å². The molecule has 1 aliphatic carbocycles. The van der Waals surface area contributed by atoms with Crippen molar-refractivity contribution in [1.82, 2.24) is 5.32 Å². The molecule has 1 aliphatic heterocycles. The molecule has 2 aromatic carbocycles. The van der Waals surface area contributed by atoms with Crippen molar-refractivity contribution < 1.29 is 23.8 Å². The molecule has 0 radical (unpaired) electrons. The van der Waals surface area contributed by atoms with E-state index < -0.39 is 11.9 Å². The van der Waals surface area contributed by atoms with Crippen LogP contribution in [0.2, 0.25) is 5.02 Å². The van der Waals surface area contributed by atoms with E-state index in [1.54, 1.807) is 13.2 Å². The van der Waals surface area contributed by atoms with Crippen molar-refractivity contribution in [1.29, 1.82) is 0 Å². The number of benzene rings is 2. The molecule has 35 heavy (non-hydrogen) atoms. The second-order valence-electron chi connectivity index (χ2n) is 8.64. The Morgan fingerprint density at radius 1 is 1.09 bits per heavy atom. The summed E-state index contributed by atoms with van der Waals surface area (Å²) >= 11 is 6.59. The maximum Gasteiger partial charge on any atom is 0.336 e. The van der Waals surface area contributed by atoms with Gasteiger partial charge in [0.15, 0.2) is 5.78 Å². The van der Waals surface area contributed by atoms with Crippen LogP contribution < -0.4 is 10.1 Å². The molecular formula is C28H30ClNO5. The molecule has 1 N–H and O–H groups in total. The van der Waals surface area contributed by atoms with Crippen LogP contribution in [0.3, 0.4) is 0 Å². The molecule has 0 amide bonds. The summed E-state index contributed by atoms with van der Waals surface area (Å²) in [5.74, 6) is -0.271. The number of carbonyl (C=O) groups is 2. The van der Waals surface area contributed by atoms with Crippen LogP contribution in [-0.2, 0) is 19.1 Å². The lowest BCUT2D eigenvalue weighted by Gasteiger charge is -2.37. The topological polar surface area (TPSA) is 73.9 Å². The van der Waals surface area contributed by atoms with Gasteiger partial charge in [0.05, 0.1) is 19.3 Å². The number of hydrogen-bond acceptors (Lipinski definition) is 6. The minimum absolute atomic E-state index is 0.00314. The van der Waals surface area contributed by atoms with Gasteiger partial charge in [-0.25, -0.2) is 4.79 Å². The fourth-order valence-corrected chi connectivity index (χ4v) is 5.10. The van der Waals surface area contributed by atoms with Crippen molar-refractivity contribution in [2.24, 2.45) is 0 Å². The normalized spacial score (nSPS) is 19.8. The van der Waals surface area contributed by atoms with Crippen LogP contribution in [0.15, 0.2) is 71.1 Å². The van der Waals surface area contributed by atoms with E-state index in [0.717, 1.165) is 22.6 Å². The quantitative estimate of drug-likeness (QED) is 0.396. The molecule has 2 aliphatic rings. The van der Waals surface area contributed by atoms with E-state index >= 15 is 0 Å². The zero-order valence-corrected chi connectivity index (χ0v) is 21.0. The van der Waals surface area contributed by atoms with Gasteiger partial charge in [0.1, 0.15) is 12.4 Å². The third kappa shape index (κ3) is 5.29. The highest BCUT2D eigenvalue weighted by molar-refractivity contribution is 6.31. The van der Waals surface area contributed by atoms with Crippen LogP contribution in [0, 0.1) is 0 Å². The smallest absolute Gasteiger partial charge is 0.336 e. The zero-order chi connectivity index (χ0) is 24.9. The number of carbonyl (C=O) groups excluding carboxylic acids is 2. The maximum atomic E-state index is 13.6. The van der Waals surface area contributed by atoms with Crippen LogP contribution in [0.4, 0.5) is 0 Å². The summed E-state index contributed by atoms with van der Waals surface area (Å²) in [6.45, 7) is 4.72. The molecule has 0 aromatic heterocycles. The van der Waals surface area contributed by atoms with Gasteiger partial charge in [-0.1, -0.05) is 41.9 Å². The molecule has 0 bridgehead atoms. The lowest BCUT2D eigenvalue weighted by atomic mass is 9.71. The Morgan fingerprint density at radius 3 is 2.51 bits per heavy atom. The number of rotatable bonds is 8. The number of methoxy groups -OCH3 is 1. The number of esters is 1. The number of halogens is 1. The summed E-state index contributed by atoms with van der Waals surface area (Å²) in [6, 6.07) is 15.2. The average Bonchev–Trinajstić information content (AvgIpc) is 2.86. The van der Waals surface area contributed by atoms with Crippen molar-refractivity contribution >= 4 is 23.4 Å². The van der Waals surface area contributed by atoms with Gasteiger partial charge in [0.25, 0.3) is 0 Å². The number of allylic oxidation sites excluding steroid dienone is 3. The number of ketones is 1. The first-order valence-corrected chi connectivity index (χ1v) is 12.2. The molecule has 4 rings (SSSR count). The Bertz CT molecular complexity index is 1170. The minimum Gasteiger partial charge on any atom is -0.497 e. The molecule has 7 heteroatoms. The summed E-state index contributed by atoms with van der Waals surface area (Å²) in [5, 5.41) is 3.86. The van der Waals surface area contributed by atoms with Crippen molar-refractivity contribution in [3.63, 3.8) is 0 Å². The standard InChI is InChI=1S/C28H30ClNO5/c1-4-34-13-14-35-28(32)25-17(2)30-23-15-19(18-9-11-20(33-3)12-10-18)16-24(31)27(23)26(25)21-7-5-6-8-22(21)29/h5-12,19,26,30H,4,13-16H2,1-3H3/t19-,26+/m1/s1. The third-order valence-corrected chi connectivity index (χ3v) is 6.86. The number of dihydropyridines is 1. The van der Waals surface area contributed by atoms with Gasteiger partial charge < -0.3 is 19.5 Å². The van der Waals surface area contributed by atoms with Gasteiger partial charge in [-0.05, 0) is 55.5 Å². The molecule has 184 valence electrons. The predicted octanol–water partition coefficient (Wildman–Crippen LogP) is 5.29. The SMILES string of the molecule is CCOCCOC(=O)C1=C(C)NC2=C(C(=O)C[C@H](c3ccc(OC)cc3)C2)[C@H]1c1ccccc1Cl. The molecule has 0 fully saturated rings. The average molecular weight is 496 g/mol. The van der Waals surface area contributed by atoms with E-state index in [9.17, 15) is 9.59 Å². The molecule has 0 unspecified atom stereocenters. The predicted molar refractivity (Wildman–Crippen MR) is 134 cm³/mol. The second-order valence-corrected chi connectivity index (χ2v) is 9.05. The Kier molecular flexibility index (Phi) is 7.93. The van der Waals surface area contributed by atoms with Gasteiger partial charge >= 0.3 is 5.97 Å². The van der Waals surface area contributed by atoms with Crippen molar-refractivity contribution in [2.45, 2.75) is 38.5 Å². The van der Waals surface area contributed by atoms with Gasteiger partial charge in [0.2, 0.25) is 0 Å². The maximum absolute atomic E-state index is 13.6. The first-order chi connectivity index (χ1) is 16.9. The molecule has 0 saturated heterocycles. The largest absolute Gasteiger partial charge is 0.497 e. The van der Waals surface area contributed by atoms with Gasteiger partial charge in [-0.2, -0.15) is 0 Å². The number of ether oxygens (including phenoxy) is 3. The van der Waals surface area contributed by atoms with E-state index in [-0.39, 0.29) is 18.3 Å². The van der Waals surface area contributed by atoms with Gasteiger partial charge in [-0.3, -0.25) is 4.79 Å². The van der Waals surface area contributed by atoms with E-state index in [0.29, 0.717) is 47.9 Å². The van der Waals surface area contributed by atoms with Crippen molar-refractivity contribution in [2.75, 3.05) is 26.9 Å². The summed E-state index contributed by atoms with van der Waals surface area (Å²) in [7, 11) is 1.63. The number of hydrogen-bond donors (Lipinski definition) is 1. The Hall–Kier alpha value is -3.09. The minimum atomic E-state index is -0.594. The highest BCUT2D eigenvalue weighted by Gasteiger charge is 2.42. The zero-order valence-electron chi connectivity index (χ0n) is 20.2. The summed E-state index contributed by atoms with van der Waals surface area (Å²) in [4.78, 5) is 26.9. The van der Waals surface area contributed by atoms with Crippen LogP contribution in [0.1, 0.15) is 49.7 Å². The Morgan fingerprint density at radius 2 is 1.83 bits per heavy atom. The molecule has 2 atom stereocenters. The van der Waals surface area contributed by atoms with Crippen molar-refractivity contribution in [3.05, 3.63) is 87.2 Å². The Labute approximate surface area is 210 Å². The summed E-state index contributed by atoms with van der Waals surface area (Å²) in [5.41, 5.74) is 4.28. The fraction of sp³-hybridized carbons (Fsp3) is 0.357. The molecule has 6 nitrogen and oxygen atoms in total. The molecule has 0 spiro atoms. The molecule has 0 saturated carbocycles. The second kappa shape index (κ2) is 11.1. The molecule has 1 heterocycles. The van der Waals surface area contributed by atoms with Crippen LogP contribution >= 0.6 is 11.6 Å².